The lowest BCUT2D eigenvalue weighted by Gasteiger charge is -2.21. The minimum atomic E-state index is 0.443. The van der Waals surface area contributed by atoms with Crippen LogP contribution < -0.4 is 10.6 Å². The van der Waals surface area contributed by atoms with Crippen molar-refractivity contribution in [2.24, 2.45) is 10.4 Å². The molecule has 0 amide bonds. The Morgan fingerprint density at radius 1 is 1.37 bits per heavy atom. The molecular weight excluding hydrogens is 236 g/mol. The molecule has 0 aromatic carbocycles. The normalized spacial score (nSPS) is 30.4. The van der Waals surface area contributed by atoms with Gasteiger partial charge >= 0.3 is 0 Å². The van der Waals surface area contributed by atoms with Gasteiger partial charge in [-0.15, -0.1) is 0 Å². The zero-order valence-electron chi connectivity index (χ0n) is 13.0. The highest BCUT2D eigenvalue weighted by atomic mass is 15.2. The smallest absolute Gasteiger partial charge is 0.191 e. The van der Waals surface area contributed by atoms with Crippen LogP contribution in [0.1, 0.15) is 47.0 Å². The van der Waals surface area contributed by atoms with E-state index in [1.807, 2.05) is 0 Å². The number of likely N-dealkylation sites (N-methyl/N-ethyl adjacent to an activating group) is 1. The highest BCUT2D eigenvalue weighted by Gasteiger charge is 2.46. The third kappa shape index (κ3) is 3.85. The van der Waals surface area contributed by atoms with Crippen LogP contribution in [0.25, 0.3) is 0 Å². The molecule has 110 valence electrons. The molecule has 1 aliphatic carbocycles. The second kappa shape index (κ2) is 6.12. The van der Waals surface area contributed by atoms with Crippen LogP contribution in [0, 0.1) is 5.41 Å². The van der Waals surface area contributed by atoms with Crippen molar-refractivity contribution in [2.75, 3.05) is 26.2 Å². The predicted octanol–water partition coefficient (Wildman–Crippen LogP) is 1.82. The monoisotopic (exact) mass is 266 g/mol. The quantitative estimate of drug-likeness (QED) is 0.589. The van der Waals surface area contributed by atoms with Crippen LogP contribution in [-0.2, 0) is 0 Å². The maximum atomic E-state index is 4.79. The highest BCUT2D eigenvalue weighted by Crippen LogP contribution is 2.44. The Hall–Kier alpha value is -0.770. The minimum Gasteiger partial charge on any atom is -0.357 e. The zero-order valence-corrected chi connectivity index (χ0v) is 13.0. The molecule has 2 unspecified atom stereocenters. The average molecular weight is 266 g/mol. The summed E-state index contributed by atoms with van der Waals surface area (Å²) in [4.78, 5) is 7.34. The number of rotatable bonds is 5. The molecule has 1 heterocycles. The van der Waals surface area contributed by atoms with Crippen molar-refractivity contribution in [2.45, 2.75) is 59.0 Å². The third-order valence-electron chi connectivity index (χ3n) is 4.53. The van der Waals surface area contributed by atoms with Crippen LogP contribution in [0.2, 0.25) is 0 Å². The van der Waals surface area contributed by atoms with Crippen molar-refractivity contribution in [3.05, 3.63) is 0 Å². The number of hydrogen-bond donors (Lipinski definition) is 2. The summed E-state index contributed by atoms with van der Waals surface area (Å²) in [5.41, 5.74) is 0.443. The molecular formula is C15H30N4. The molecule has 0 aromatic rings. The van der Waals surface area contributed by atoms with Gasteiger partial charge in [-0.25, -0.2) is 0 Å². The number of hydrogen-bond acceptors (Lipinski definition) is 2. The van der Waals surface area contributed by atoms with Crippen LogP contribution in [0.4, 0.5) is 0 Å². The molecule has 2 aliphatic rings. The molecule has 2 atom stereocenters. The van der Waals surface area contributed by atoms with E-state index in [1.54, 1.807) is 0 Å². The number of nitrogens with one attached hydrogen (secondary N) is 2. The first-order valence-corrected chi connectivity index (χ1v) is 7.85. The Kier molecular flexibility index (Phi) is 4.71. The fourth-order valence-electron chi connectivity index (χ4n) is 2.91. The minimum absolute atomic E-state index is 0.443. The van der Waals surface area contributed by atoms with Gasteiger partial charge in [0.25, 0.3) is 0 Å². The summed E-state index contributed by atoms with van der Waals surface area (Å²) in [5, 5.41) is 6.93. The Morgan fingerprint density at radius 2 is 2.11 bits per heavy atom. The van der Waals surface area contributed by atoms with Crippen molar-refractivity contribution in [1.82, 2.24) is 15.5 Å². The maximum absolute atomic E-state index is 4.79. The van der Waals surface area contributed by atoms with Gasteiger partial charge in [-0.2, -0.15) is 0 Å². The molecule has 0 aromatic heterocycles. The van der Waals surface area contributed by atoms with Crippen LogP contribution >= 0.6 is 0 Å². The fourth-order valence-corrected chi connectivity index (χ4v) is 2.91. The first kappa shape index (κ1) is 14.6. The molecule has 0 bridgehead atoms. The lowest BCUT2D eigenvalue weighted by molar-refractivity contribution is 0.273. The van der Waals surface area contributed by atoms with E-state index in [0.717, 1.165) is 25.6 Å². The van der Waals surface area contributed by atoms with E-state index < -0.39 is 0 Å². The average Bonchev–Trinajstić information content (AvgIpc) is 2.78. The van der Waals surface area contributed by atoms with Crippen molar-refractivity contribution in [3.8, 4) is 0 Å². The summed E-state index contributed by atoms with van der Waals surface area (Å²) in [7, 11) is 0. The van der Waals surface area contributed by atoms with Crippen molar-refractivity contribution in [3.63, 3.8) is 0 Å². The summed E-state index contributed by atoms with van der Waals surface area (Å²) < 4.78 is 0. The summed E-state index contributed by atoms with van der Waals surface area (Å²) in [6, 6.07) is 1.24. The first-order valence-electron chi connectivity index (χ1n) is 7.85. The Balaban J connectivity index is 1.85. The van der Waals surface area contributed by atoms with Gasteiger partial charge in [0, 0.05) is 18.6 Å². The second-order valence-electron chi connectivity index (χ2n) is 6.53. The summed E-state index contributed by atoms with van der Waals surface area (Å²) in [6.45, 7) is 13.3. The van der Waals surface area contributed by atoms with Gasteiger partial charge in [0.05, 0.1) is 6.54 Å². The Labute approximate surface area is 118 Å². The highest BCUT2D eigenvalue weighted by molar-refractivity contribution is 5.80. The molecule has 0 spiro atoms. The Morgan fingerprint density at radius 3 is 2.68 bits per heavy atom. The van der Waals surface area contributed by atoms with E-state index in [-0.39, 0.29) is 0 Å². The molecule has 2 rings (SSSR count). The molecule has 1 aliphatic heterocycles. The molecule has 1 saturated carbocycles. The molecule has 4 heteroatoms. The van der Waals surface area contributed by atoms with Gasteiger partial charge in [0.15, 0.2) is 5.96 Å². The molecule has 1 saturated heterocycles. The van der Waals surface area contributed by atoms with Gasteiger partial charge in [0.2, 0.25) is 0 Å². The van der Waals surface area contributed by atoms with Crippen LogP contribution in [-0.4, -0.2) is 49.1 Å². The molecule has 4 nitrogen and oxygen atoms in total. The van der Waals surface area contributed by atoms with E-state index in [0.29, 0.717) is 17.5 Å². The van der Waals surface area contributed by atoms with E-state index in [4.69, 9.17) is 4.99 Å². The van der Waals surface area contributed by atoms with Gasteiger partial charge < -0.3 is 10.6 Å². The largest absolute Gasteiger partial charge is 0.357 e. The number of guanidine groups is 1. The van der Waals surface area contributed by atoms with E-state index in [2.05, 4.69) is 43.2 Å². The fraction of sp³-hybridized carbons (Fsp3) is 0.933. The summed E-state index contributed by atoms with van der Waals surface area (Å²) >= 11 is 0. The SMILES string of the molecule is CCNC(=NCC1CCCN1CC)NC1CC1(C)C. The molecule has 0 radical (unpaired) electrons. The zero-order chi connectivity index (χ0) is 13.9. The van der Waals surface area contributed by atoms with Gasteiger partial charge in [-0.3, -0.25) is 9.89 Å². The third-order valence-corrected chi connectivity index (χ3v) is 4.53. The van der Waals surface area contributed by atoms with Crippen LogP contribution in [0.5, 0.6) is 0 Å². The molecule has 19 heavy (non-hydrogen) atoms. The number of likely N-dealkylation sites (tertiary alicyclic amines) is 1. The van der Waals surface area contributed by atoms with Crippen molar-refractivity contribution < 1.29 is 0 Å². The van der Waals surface area contributed by atoms with Crippen LogP contribution in [0.3, 0.4) is 0 Å². The lowest BCUT2D eigenvalue weighted by Crippen LogP contribution is -2.41. The summed E-state index contributed by atoms with van der Waals surface area (Å²) in [6.07, 6.45) is 3.88. The Bertz CT molecular complexity index is 324. The number of nitrogens with zero attached hydrogens (tertiary/aromatic N) is 2. The molecule has 2 N–H and O–H groups in total. The lowest BCUT2D eigenvalue weighted by atomic mass is 10.2. The topological polar surface area (TPSA) is 39.7 Å². The van der Waals surface area contributed by atoms with Gasteiger partial charge in [-0.1, -0.05) is 20.8 Å². The van der Waals surface area contributed by atoms with Gasteiger partial charge in [0.1, 0.15) is 0 Å². The second-order valence-corrected chi connectivity index (χ2v) is 6.53. The number of aliphatic imine (C=N–C) groups is 1. The maximum Gasteiger partial charge on any atom is 0.191 e. The predicted molar refractivity (Wildman–Crippen MR) is 81.6 cm³/mol. The van der Waals surface area contributed by atoms with E-state index >= 15 is 0 Å². The van der Waals surface area contributed by atoms with E-state index in [1.165, 1.54) is 25.8 Å². The summed E-state index contributed by atoms with van der Waals surface area (Å²) in [5.74, 6) is 1.00. The standard InChI is InChI=1S/C15H30N4/c1-5-16-14(18-13-10-15(13,3)4)17-11-12-8-7-9-19(12)6-2/h12-13H,5-11H2,1-4H3,(H2,16,17,18). The van der Waals surface area contributed by atoms with Gasteiger partial charge in [-0.05, 0) is 44.7 Å². The first-order chi connectivity index (χ1) is 9.06. The van der Waals surface area contributed by atoms with Crippen LogP contribution in [0.15, 0.2) is 4.99 Å². The van der Waals surface area contributed by atoms with Crippen molar-refractivity contribution in [1.29, 1.82) is 0 Å². The molecule has 2 fully saturated rings. The van der Waals surface area contributed by atoms with E-state index in [9.17, 15) is 0 Å². The van der Waals surface area contributed by atoms with Crippen molar-refractivity contribution >= 4 is 5.96 Å².